The van der Waals surface area contributed by atoms with Crippen molar-refractivity contribution in [2.75, 3.05) is 39.8 Å². The molecule has 1 unspecified atom stereocenters. The van der Waals surface area contributed by atoms with Gasteiger partial charge in [0.05, 0.1) is 0 Å². The predicted octanol–water partition coefficient (Wildman–Crippen LogP) is 3.41. The number of hydrogen-bond donors (Lipinski definition) is 2. The molecule has 3 N–H and O–H groups in total. The third kappa shape index (κ3) is 7.89. The van der Waals surface area contributed by atoms with Crippen molar-refractivity contribution >= 4 is 43.1 Å². The lowest BCUT2D eigenvalue weighted by atomic mass is 9.84. The van der Waals surface area contributed by atoms with Gasteiger partial charge in [0, 0.05) is 24.5 Å². The van der Waals surface area contributed by atoms with Crippen molar-refractivity contribution in [1.29, 1.82) is 0 Å². The van der Waals surface area contributed by atoms with Gasteiger partial charge in [0.2, 0.25) is 5.91 Å². The van der Waals surface area contributed by atoms with E-state index in [2.05, 4.69) is 22.2 Å². The van der Waals surface area contributed by atoms with Crippen LogP contribution in [0.5, 0.6) is 0 Å². The monoisotopic (exact) mass is 466 g/mol. The molecule has 29 heavy (non-hydrogen) atoms. The second kappa shape index (κ2) is 13.7. The van der Waals surface area contributed by atoms with Gasteiger partial charge in [-0.25, -0.2) is 0 Å². The van der Waals surface area contributed by atoms with Gasteiger partial charge in [0.1, 0.15) is 0 Å². The first kappa shape index (κ1) is 28.4. The summed E-state index contributed by atoms with van der Waals surface area (Å²) in [5.74, 6) is 0.0664. The van der Waals surface area contributed by atoms with Crippen LogP contribution in [-0.2, 0) is 4.79 Å². The fraction of sp³-hybridized carbons (Fsp3) is 0.667. The number of carbonyl (C=O) groups excluding carboxylic acids is 1. The highest BCUT2D eigenvalue weighted by Gasteiger charge is 2.39. The summed E-state index contributed by atoms with van der Waals surface area (Å²) in [5.41, 5.74) is 7.37. The van der Waals surface area contributed by atoms with Crippen LogP contribution in [0.2, 0.25) is 0 Å². The Morgan fingerprint density at radius 3 is 2.21 bits per heavy atom. The molecule has 2 aliphatic rings. The molecule has 1 atom stereocenters. The van der Waals surface area contributed by atoms with Crippen molar-refractivity contribution in [3.8, 4) is 0 Å². The minimum absolute atomic E-state index is 0. The van der Waals surface area contributed by atoms with Crippen molar-refractivity contribution < 1.29 is 4.79 Å². The molecular formula is C21H37Cl3N4O. The number of carbonyl (C=O) groups is 1. The standard InChI is InChI=1S/C21H34N4O.3ClH/c1-24-14-10-21(11-15-24,25-12-6-3-7-13-25)17-23-20(26)16-19(22)18-8-4-2-5-9-18;;;/h2,4-5,8-9,19H,3,6-7,10-17,22H2,1H3,(H,23,26);3*1H. The van der Waals surface area contributed by atoms with Crippen LogP contribution in [0.4, 0.5) is 0 Å². The first-order valence-corrected chi connectivity index (χ1v) is 10.1. The molecular weight excluding hydrogens is 431 g/mol. The first-order chi connectivity index (χ1) is 12.6. The largest absolute Gasteiger partial charge is 0.354 e. The quantitative estimate of drug-likeness (QED) is 0.673. The van der Waals surface area contributed by atoms with Crippen LogP contribution < -0.4 is 11.1 Å². The number of piperidine rings is 2. The van der Waals surface area contributed by atoms with Crippen LogP contribution in [0, 0.1) is 0 Å². The molecule has 0 radical (unpaired) electrons. The van der Waals surface area contributed by atoms with Crippen LogP contribution >= 0.6 is 37.2 Å². The van der Waals surface area contributed by atoms with Crippen molar-refractivity contribution in [2.45, 2.75) is 50.1 Å². The maximum atomic E-state index is 12.5. The summed E-state index contributed by atoms with van der Waals surface area (Å²) < 4.78 is 0. The lowest BCUT2D eigenvalue weighted by molar-refractivity contribution is -0.122. The molecule has 0 spiro atoms. The summed E-state index contributed by atoms with van der Waals surface area (Å²) in [5, 5.41) is 3.23. The second-order valence-electron chi connectivity index (χ2n) is 8.07. The van der Waals surface area contributed by atoms with Gasteiger partial charge in [0.15, 0.2) is 0 Å². The van der Waals surface area contributed by atoms with E-state index in [-0.39, 0.29) is 54.7 Å². The number of nitrogens with two attached hydrogens (primary N) is 1. The smallest absolute Gasteiger partial charge is 0.221 e. The maximum absolute atomic E-state index is 12.5. The lowest BCUT2D eigenvalue weighted by Gasteiger charge is -2.50. The maximum Gasteiger partial charge on any atom is 0.221 e. The molecule has 3 rings (SSSR count). The number of hydrogen-bond acceptors (Lipinski definition) is 4. The minimum Gasteiger partial charge on any atom is -0.354 e. The molecule has 0 aromatic heterocycles. The number of halogens is 3. The normalized spacial score (nSPS) is 20.3. The van der Waals surface area contributed by atoms with E-state index in [9.17, 15) is 4.79 Å². The van der Waals surface area contributed by atoms with Gasteiger partial charge in [0.25, 0.3) is 0 Å². The van der Waals surface area contributed by atoms with E-state index >= 15 is 0 Å². The molecule has 5 nitrogen and oxygen atoms in total. The predicted molar refractivity (Wildman–Crippen MR) is 128 cm³/mol. The van der Waals surface area contributed by atoms with Crippen LogP contribution in [0.15, 0.2) is 30.3 Å². The van der Waals surface area contributed by atoms with Crippen LogP contribution in [0.25, 0.3) is 0 Å². The number of nitrogens with one attached hydrogen (secondary N) is 1. The number of benzene rings is 1. The molecule has 0 bridgehead atoms. The van der Waals surface area contributed by atoms with Gasteiger partial charge in [-0.1, -0.05) is 36.8 Å². The number of likely N-dealkylation sites (tertiary alicyclic amines) is 2. The highest BCUT2D eigenvalue weighted by Crippen LogP contribution is 2.31. The topological polar surface area (TPSA) is 61.6 Å². The number of amides is 1. The third-order valence-corrected chi connectivity index (χ3v) is 6.19. The summed E-state index contributed by atoms with van der Waals surface area (Å²) in [7, 11) is 2.19. The molecule has 8 heteroatoms. The number of nitrogens with zero attached hydrogens (tertiary/aromatic N) is 2. The zero-order chi connectivity index (χ0) is 18.4. The Balaban J connectivity index is 0.00000261. The van der Waals surface area contributed by atoms with E-state index in [1.807, 2.05) is 30.3 Å². The van der Waals surface area contributed by atoms with E-state index in [1.165, 1.54) is 32.4 Å². The molecule has 2 saturated heterocycles. The van der Waals surface area contributed by atoms with Crippen molar-refractivity contribution in [3.05, 3.63) is 35.9 Å². The van der Waals surface area contributed by atoms with Gasteiger partial charge in [-0.05, 0) is 64.5 Å². The van der Waals surface area contributed by atoms with Gasteiger partial charge >= 0.3 is 0 Å². The van der Waals surface area contributed by atoms with E-state index in [4.69, 9.17) is 5.73 Å². The molecule has 1 aromatic carbocycles. The molecule has 168 valence electrons. The summed E-state index contributed by atoms with van der Waals surface area (Å²) in [6.07, 6.45) is 6.52. The molecule has 2 fully saturated rings. The second-order valence-corrected chi connectivity index (χ2v) is 8.07. The van der Waals surface area contributed by atoms with Gasteiger partial charge < -0.3 is 16.0 Å². The molecule has 1 amide bonds. The van der Waals surface area contributed by atoms with Gasteiger partial charge in [-0.3, -0.25) is 9.69 Å². The molecule has 2 aliphatic heterocycles. The fourth-order valence-corrected chi connectivity index (χ4v) is 4.36. The van der Waals surface area contributed by atoms with Crippen molar-refractivity contribution in [2.24, 2.45) is 5.73 Å². The van der Waals surface area contributed by atoms with E-state index in [0.717, 1.165) is 38.0 Å². The third-order valence-electron chi connectivity index (χ3n) is 6.19. The van der Waals surface area contributed by atoms with Gasteiger partial charge in [-0.2, -0.15) is 0 Å². The molecule has 0 aliphatic carbocycles. The SMILES string of the molecule is CN1CCC(CNC(=O)CC(N)c2ccccc2)(N2CCCCC2)CC1.Cl.Cl.Cl. The van der Waals surface area contributed by atoms with Crippen molar-refractivity contribution in [1.82, 2.24) is 15.1 Å². The summed E-state index contributed by atoms with van der Waals surface area (Å²) in [4.78, 5) is 17.6. The highest BCUT2D eigenvalue weighted by atomic mass is 35.5. The van der Waals surface area contributed by atoms with E-state index in [0.29, 0.717) is 6.42 Å². The Bertz CT molecular complexity index is 577. The minimum atomic E-state index is -0.236. The zero-order valence-electron chi connectivity index (χ0n) is 17.3. The van der Waals surface area contributed by atoms with E-state index < -0.39 is 0 Å². The van der Waals surface area contributed by atoms with Crippen LogP contribution in [0.1, 0.15) is 50.1 Å². The number of rotatable bonds is 6. The van der Waals surface area contributed by atoms with E-state index in [1.54, 1.807) is 0 Å². The first-order valence-electron chi connectivity index (χ1n) is 10.1. The Morgan fingerprint density at radius 2 is 1.62 bits per heavy atom. The van der Waals surface area contributed by atoms with Crippen molar-refractivity contribution in [3.63, 3.8) is 0 Å². The van der Waals surface area contributed by atoms with Gasteiger partial charge in [-0.15, -0.1) is 37.2 Å². The summed E-state index contributed by atoms with van der Waals surface area (Å²) in [6, 6.07) is 9.65. The Hall–Kier alpha value is -0.560. The van der Waals surface area contributed by atoms with Crippen LogP contribution in [0.3, 0.4) is 0 Å². The molecule has 1 aromatic rings. The highest BCUT2D eigenvalue weighted by molar-refractivity contribution is 5.86. The summed E-state index contributed by atoms with van der Waals surface area (Å²) in [6.45, 7) is 5.30. The molecule has 2 heterocycles. The Kier molecular flexibility index (Phi) is 13.4. The average Bonchev–Trinajstić information content (AvgIpc) is 2.69. The molecule has 0 saturated carbocycles. The fourth-order valence-electron chi connectivity index (χ4n) is 4.36. The average molecular weight is 468 g/mol. The summed E-state index contributed by atoms with van der Waals surface area (Å²) >= 11 is 0. The zero-order valence-corrected chi connectivity index (χ0v) is 19.8. The van der Waals surface area contributed by atoms with Crippen LogP contribution in [-0.4, -0.2) is 61.0 Å². The Morgan fingerprint density at radius 1 is 1.03 bits per heavy atom. The lowest BCUT2D eigenvalue weighted by Crippen LogP contribution is -2.61. The Labute approximate surface area is 194 Å².